The number of nitrogens with zero attached hydrogens (tertiary/aromatic N) is 1. The summed E-state index contributed by atoms with van der Waals surface area (Å²) >= 11 is 6.05. The Balaban J connectivity index is 1.83. The summed E-state index contributed by atoms with van der Waals surface area (Å²) in [5, 5.41) is 0.0620. The van der Waals surface area contributed by atoms with E-state index in [1.807, 2.05) is 0 Å². The minimum Gasteiger partial charge on any atom is -0.460 e. The van der Waals surface area contributed by atoms with Crippen LogP contribution in [0.4, 0.5) is 0 Å². The third-order valence-corrected chi connectivity index (χ3v) is 6.71. The van der Waals surface area contributed by atoms with E-state index in [1.165, 1.54) is 22.5 Å². The number of halogens is 1. The van der Waals surface area contributed by atoms with Gasteiger partial charge < -0.3 is 9.47 Å². The Bertz CT molecular complexity index is 819. The molecule has 0 radical (unpaired) electrons. The minimum atomic E-state index is -3.71. The number of rotatable bonds is 4. The topological polar surface area (TPSA) is 90.0 Å². The van der Waals surface area contributed by atoms with Crippen LogP contribution in [-0.2, 0) is 24.3 Å². The molecule has 26 heavy (non-hydrogen) atoms. The van der Waals surface area contributed by atoms with Gasteiger partial charge in [-0.25, -0.2) is 18.0 Å². The number of piperidine rings is 1. The van der Waals surface area contributed by atoms with Gasteiger partial charge >= 0.3 is 11.9 Å². The Morgan fingerprint density at radius 1 is 1.27 bits per heavy atom. The molecular weight excluding hydrogens is 382 g/mol. The molecule has 2 aliphatic rings. The summed E-state index contributed by atoms with van der Waals surface area (Å²) in [6.45, 7) is 2.61. The van der Waals surface area contributed by atoms with Gasteiger partial charge in [0.25, 0.3) is 0 Å². The lowest BCUT2D eigenvalue weighted by Crippen LogP contribution is -2.35. The van der Waals surface area contributed by atoms with Crippen LogP contribution in [0.25, 0.3) is 0 Å². The molecule has 0 spiro atoms. The van der Waals surface area contributed by atoms with Gasteiger partial charge in [-0.15, -0.1) is 0 Å². The zero-order chi connectivity index (χ0) is 18.9. The van der Waals surface area contributed by atoms with Crippen LogP contribution in [0.5, 0.6) is 0 Å². The van der Waals surface area contributed by atoms with Gasteiger partial charge in [0.2, 0.25) is 16.1 Å². The van der Waals surface area contributed by atoms with Crippen molar-refractivity contribution in [3.63, 3.8) is 0 Å². The highest BCUT2D eigenvalue weighted by Gasteiger charge is 2.36. The van der Waals surface area contributed by atoms with Crippen molar-refractivity contribution in [2.75, 3.05) is 13.1 Å². The standard InChI is InChI=1S/C17H20ClNO6S/c1-11-9-15(17(21)24-11)25-16(20)13-10-12(5-6-14(13)18)26(22,23)19-7-3-2-4-8-19/h5-6,10-11,15H,2-4,7-9H2,1H3. The van der Waals surface area contributed by atoms with E-state index < -0.39 is 28.1 Å². The molecule has 142 valence electrons. The average molecular weight is 402 g/mol. The molecule has 2 saturated heterocycles. The largest absolute Gasteiger partial charge is 0.460 e. The lowest BCUT2D eigenvalue weighted by atomic mass is 10.2. The summed E-state index contributed by atoms with van der Waals surface area (Å²) in [5.41, 5.74) is -0.0860. The van der Waals surface area contributed by atoms with E-state index >= 15 is 0 Å². The quantitative estimate of drug-likeness (QED) is 0.719. The number of carbonyl (C=O) groups is 2. The second-order valence-electron chi connectivity index (χ2n) is 6.48. The van der Waals surface area contributed by atoms with E-state index in [4.69, 9.17) is 21.1 Å². The van der Waals surface area contributed by atoms with Crippen molar-refractivity contribution in [2.45, 2.75) is 49.7 Å². The summed E-state index contributed by atoms with van der Waals surface area (Å²) in [6.07, 6.45) is 1.54. The van der Waals surface area contributed by atoms with E-state index in [-0.39, 0.29) is 28.0 Å². The molecule has 0 bridgehead atoms. The first-order chi connectivity index (χ1) is 12.3. The van der Waals surface area contributed by atoms with Gasteiger partial charge in [-0.2, -0.15) is 4.31 Å². The summed E-state index contributed by atoms with van der Waals surface area (Å²) in [5.74, 6) is -1.46. The van der Waals surface area contributed by atoms with Crippen LogP contribution in [0.3, 0.4) is 0 Å². The highest BCUT2D eigenvalue weighted by Crippen LogP contribution is 2.27. The second-order valence-corrected chi connectivity index (χ2v) is 8.83. The fourth-order valence-electron chi connectivity index (χ4n) is 3.08. The van der Waals surface area contributed by atoms with Crippen molar-refractivity contribution >= 4 is 33.6 Å². The summed E-state index contributed by atoms with van der Waals surface area (Å²) in [7, 11) is -3.71. The molecule has 0 amide bonds. The van der Waals surface area contributed by atoms with E-state index in [2.05, 4.69) is 0 Å². The number of cyclic esters (lactones) is 1. The zero-order valence-electron chi connectivity index (χ0n) is 14.3. The van der Waals surface area contributed by atoms with Gasteiger partial charge in [-0.05, 0) is 38.0 Å². The highest BCUT2D eigenvalue weighted by molar-refractivity contribution is 7.89. The predicted molar refractivity (Wildman–Crippen MR) is 93.4 cm³/mol. The maximum absolute atomic E-state index is 12.8. The molecule has 0 aliphatic carbocycles. The molecule has 0 N–H and O–H groups in total. The monoisotopic (exact) mass is 401 g/mol. The molecule has 0 aromatic heterocycles. The van der Waals surface area contributed by atoms with Crippen LogP contribution in [-0.4, -0.2) is 50.0 Å². The number of carbonyl (C=O) groups excluding carboxylic acids is 2. The lowest BCUT2D eigenvalue weighted by Gasteiger charge is -2.26. The van der Waals surface area contributed by atoms with Crippen LogP contribution >= 0.6 is 11.6 Å². The van der Waals surface area contributed by atoms with Crippen LogP contribution in [0.15, 0.2) is 23.1 Å². The smallest absolute Gasteiger partial charge is 0.347 e. The van der Waals surface area contributed by atoms with Gasteiger partial charge in [-0.1, -0.05) is 18.0 Å². The van der Waals surface area contributed by atoms with E-state index in [1.54, 1.807) is 6.92 Å². The molecule has 3 rings (SSSR count). The van der Waals surface area contributed by atoms with Crippen LogP contribution in [0.1, 0.15) is 43.0 Å². The summed E-state index contributed by atoms with van der Waals surface area (Å²) in [6, 6.07) is 3.93. The Labute approximate surface area is 157 Å². The van der Waals surface area contributed by atoms with Gasteiger partial charge in [-0.3, -0.25) is 0 Å². The number of hydrogen-bond acceptors (Lipinski definition) is 6. The average Bonchev–Trinajstić information content (AvgIpc) is 2.93. The van der Waals surface area contributed by atoms with Crippen molar-refractivity contribution in [3.05, 3.63) is 28.8 Å². The highest BCUT2D eigenvalue weighted by atomic mass is 35.5. The third-order valence-electron chi connectivity index (χ3n) is 4.49. The first-order valence-corrected chi connectivity index (χ1v) is 10.3. The van der Waals surface area contributed by atoms with Gasteiger partial charge in [0.15, 0.2) is 0 Å². The molecule has 7 nitrogen and oxygen atoms in total. The number of esters is 2. The number of sulfonamides is 1. The molecular formula is C17H20ClNO6S. The fraction of sp³-hybridized carbons (Fsp3) is 0.529. The SMILES string of the molecule is CC1CC(OC(=O)c2cc(S(=O)(=O)N3CCCCC3)ccc2Cl)C(=O)O1. The molecule has 2 unspecified atom stereocenters. The minimum absolute atomic E-state index is 0.0156. The van der Waals surface area contributed by atoms with Crippen molar-refractivity contribution in [1.82, 2.24) is 4.31 Å². The maximum atomic E-state index is 12.8. The number of hydrogen-bond donors (Lipinski definition) is 0. The van der Waals surface area contributed by atoms with E-state index in [0.717, 1.165) is 19.3 Å². The molecule has 2 heterocycles. The molecule has 9 heteroatoms. The van der Waals surface area contributed by atoms with E-state index in [9.17, 15) is 18.0 Å². The van der Waals surface area contributed by atoms with E-state index in [0.29, 0.717) is 13.1 Å². The maximum Gasteiger partial charge on any atom is 0.347 e. The van der Waals surface area contributed by atoms with Crippen molar-refractivity contribution < 1.29 is 27.5 Å². The van der Waals surface area contributed by atoms with Crippen LogP contribution in [0.2, 0.25) is 5.02 Å². The first-order valence-electron chi connectivity index (χ1n) is 8.50. The molecule has 1 aromatic carbocycles. The molecule has 2 fully saturated rings. The summed E-state index contributed by atoms with van der Waals surface area (Å²) in [4.78, 5) is 24.0. The van der Waals surface area contributed by atoms with Crippen LogP contribution in [0, 0.1) is 0 Å². The molecule has 2 atom stereocenters. The fourth-order valence-corrected chi connectivity index (χ4v) is 4.82. The zero-order valence-corrected chi connectivity index (χ0v) is 15.9. The Kier molecular flexibility index (Phi) is 5.55. The Morgan fingerprint density at radius 3 is 2.58 bits per heavy atom. The molecule has 1 aromatic rings. The van der Waals surface area contributed by atoms with Gasteiger partial charge in [0.05, 0.1) is 15.5 Å². The van der Waals surface area contributed by atoms with Gasteiger partial charge in [0, 0.05) is 19.5 Å². The summed E-state index contributed by atoms with van der Waals surface area (Å²) < 4.78 is 37.1. The van der Waals surface area contributed by atoms with Crippen molar-refractivity contribution in [3.8, 4) is 0 Å². The third kappa shape index (κ3) is 3.87. The Morgan fingerprint density at radius 2 is 1.96 bits per heavy atom. The Hall–Kier alpha value is -1.64. The molecule has 2 aliphatic heterocycles. The van der Waals surface area contributed by atoms with Crippen molar-refractivity contribution in [2.24, 2.45) is 0 Å². The second kappa shape index (κ2) is 7.54. The predicted octanol–water partition coefficient (Wildman–Crippen LogP) is 2.38. The molecule has 0 saturated carbocycles. The normalized spacial score (nSPS) is 24.3. The number of ether oxygens (including phenoxy) is 2. The lowest BCUT2D eigenvalue weighted by molar-refractivity contribution is -0.147. The van der Waals surface area contributed by atoms with Crippen LogP contribution < -0.4 is 0 Å². The van der Waals surface area contributed by atoms with Gasteiger partial charge in [0.1, 0.15) is 6.10 Å². The first kappa shape index (κ1) is 19.1. The van der Waals surface area contributed by atoms with Crippen molar-refractivity contribution in [1.29, 1.82) is 0 Å². The number of benzene rings is 1.